The number of fused-ring (bicyclic) bond motifs is 5. The highest BCUT2D eigenvalue weighted by Gasteiger charge is 2.62. The van der Waals surface area contributed by atoms with Gasteiger partial charge in [-0.15, -0.1) is 0 Å². The van der Waals surface area contributed by atoms with E-state index in [1.165, 1.54) is 24.8 Å². The first-order valence-corrected chi connectivity index (χ1v) is 11.0. The molecule has 4 fully saturated rings. The summed E-state index contributed by atoms with van der Waals surface area (Å²) in [7, 11) is 0. The smallest absolute Gasteiger partial charge is 0.160 e. The zero-order valence-electron chi connectivity index (χ0n) is 16.6. The minimum absolute atomic E-state index is 0.00854. The lowest BCUT2D eigenvalue weighted by atomic mass is 9.49. The summed E-state index contributed by atoms with van der Waals surface area (Å²) in [6.07, 6.45) is 8.13. The van der Waals surface area contributed by atoms with Gasteiger partial charge in [0.05, 0.1) is 12.2 Å². The van der Waals surface area contributed by atoms with E-state index < -0.39 is 5.79 Å². The van der Waals surface area contributed by atoms with Gasteiger partial charge in [0, 0.05) is 4.75 Å². The van der Waals surface area contributed by atoms with Crippen molar-refractivity contribution in [3.63, 3.8) is 0 Å². The molecular weight excluding hydrogens is 344 g/mol. The minimum Gasteiger partial charge on any atom is -0.393 e. The normalized spacial score (nSPS) is 51.5. The number of thiol groups is 1. The van der Waals surface area contributed by atoms with Crippen molar-refractivity contribution in [1.82, 2.24) is 0 Å². The Balaban J connectivity index is 1.72. The molecule has 8 atom stereocenters. The fourth-order valence-corrected chi connectivity index (χ4v) is 7.82. The van der Waals surface area contributed by atoms with Crippen LogP contribution in [0.15, 0.2) is 12.2 Å². The van der Waals surface area contributed by atoms with Gasteiger partial charge in [-0.3, -0.25) is 0 Å². The van der Waals surface area contributed by atoms with Gasteiger partial charge >= 0.3 is 0 Å². The Bertz CT molecular complexity index is 584. The Kier molecular flexibility index (Phi) is 4.63. The average Bonchev–Trinajstić information content (AvgIpc) is 2.83. The first-order chi connectivity index (χ1) is 12.0. The van der Waals surface area contributed by atoms with Crippen LogP contribution in [0.1, 0.15) is 72.1 Å². The quantitative estimate of drug-likeness (QED) is 0.380. The predicted molar refractivity (Wildman–Crippen MR) is 107 cm³/mol. The number of ether oxygens (including phenoxy) is 1. The molecule has 4 aliphatic rings. The molecule has 0 spiro atoms. The fourth-order valence-electron chi connectivity index (χ4n) is 7.18. The van der Waals surface area contributed by atoms with Crippen LogP contribution in [0, 0.1) is 29.1 Å². The molecule has 0 radical (unpaired) electrons. The number of allylic oxidation sites excluding steroid dienone is 1. The summed E-state index contributed by atoms with van der Waals surface area (Å²) in [6.45, 7) is 10.3. The van der Waals surface area contributed by atoms with Crippen molar-refractivity contribution < 1.29 is 14.9 Å². The highest BCUT2D eigenvalue weighted by molar-refractivity contribution is 7.81. The number of rotatable bonds is 2. The van der Waals surface area contributed by atoms with E-state index in [9.17, 15) is 10.2 Å². The first-order valence-electron chi connectivity index (χ1n) is 10.5. The van der Waals surface area contributed by atoms with Gasteiger partial charge in [-0.1, -0.05) is 19.1 Å². The maximum Gasteiger partial charge on any atom is 0.160 e. The van der Waals surface area contributed by atoms with Crippen molar-refractivity contribution in [2.24, 2.45) is 29.1 Å². The van der Waals surface area contributed by atoms with E-state index in [1.807, 2.05) is 0 Å². The van der Waals surface area contributed by atoms with Gasteiger partial charge in [-0.25, -0.2) is 0 Å². The van der Waals surface area contributed by atoms with Gasteiger partial charge in [0.1, 0.15) is 0 Å². The van der Waals surface area contributed by atoms with Gasteiger partial charge in [0.25, 0.3) is 0 Å². The maximum atomic E-state index is 10.4. The second kappa shape index (κ2) is 6.23. The Morgan fingerprint density at radius 1 is 1.15 bits per heavy atom. The SMILES string of the molecule is C=C1CCC2C3C(CC[C@]12C)[C@@]1(S)CC[C@H](O)CC1C[C@@H]3OC(C)(C)O. The Morgan fingerprint density at radius 2 is 1.88 bits per heavy atom. The lowest BCUT2D eigenvalue weighted by Gasteiger charge is -2.62. The van der Waals surface area contributed by atoms with Gasteiger partial charge in [-0.2, -0.15) is 12.6 Å². The first kappa shape index (κ1) is 19.3. The fraction of sp³-hybridized carbons (Fsp3) is 0.909. The molecule has 4 unspecified atom stereocenters. The molecule has 0 aliphatic heterocycles. The second-order valence-electron chi connectivity index (χ2n) is 10.3. The third-order valence-electron chi connectivity index (χ3n) is 8.46. The van der Waals surface area contributed by atoms with Crippen molar-refractivity contribution in [2.75, 3.05) is 0 Å². The molecule has 4 rings (SSSR count). The van der Waals surface area contributed by atoms with Crippen LogP contribution in [0.2, 0.25) is 0 Å². The lowest BCUT2D eigenvalue weighted by molar-refractivity contribution is -0.249. The van der Waals surface area contributed by atoms with Crippen LogP contribution in [0.25, 0.3) is 0 Å². The summed E-state index contributed by atoms with van der Waals surface area (Å²) < 4.78 is 6.28. The van der Waals surface area contributed by atoms with Crippen molar-refractivity contribution in [2.45, 2.75) is 94.9 Å². The summed E-state index contributed by atoms with van der Waals surface area (Å²) in [5.74, 6) is 0.773. The monoisotopic (exact) mass is 380 g/mol. The summed E-state index contributed by atoms with van der Waals surface area (Å²) in [6, 6.07) is 0. The van der Waals surface area contributed by atoms with Gasteiger partial charge in [0.2, 0.25) is 0 Å². The van der Waals surface area contributed by atoms with Crippen molar-refractivity contribution in [3.8, 4) is 0 Å². The van der Waals surface area contributed by atoms with Gasteiger partial charge in [-0.05, 0) is 94.3 Å². The van der Waals surface area contributed by atoms with E-state index in [0.717, 1.165) is 32.1 Å². The van der Waals surface area contributed by atoms with Crippen LogP contribution < -0.4 is 0 Å². The average molecular weight is 381 g/mol. The van der Waals surface area contributed by atoms with Crippen LogP contribution in [-0.2, 0) is 4.74 Å². The molecule has 0 aromatic heterocycles. The van der Waals surface area contributed by atoms with E-state index in [1.54, 1.807) is 13.8 Å². The highest BCUT2D eigenvalue weighted by atomic mass is 32.1. The lowest BCUT2D eigenvalue weighted by Crippen LogP contribution is -2.61. The van der Waals surface area contributed by atoms with Crippen LogP contribution in [0.5, 0.6) is 0 Å². The molecule has 3 nitrogen and oxygen atoms in total. The third kappa shape index (κ3) is 2.91. The molecule has 4 heteroatoms. The summed E-state index contributed by atoms with van der Waals surface area (Å²) in [5.41, 5.74) is 1.63. The van der Waals surface area contributed by atoms with E-state index in [4.69, 9.17) is 17.4 Å². The molecule has 26 heavy (non-hydrogen) atoms. The molecule has 0 bridgehead atoms. The molecule has 0 heterocycles. The van der Waals surface area contributed by atoms with E-state index in [2.05, 4.69) is 13.5 Å². The summed E-state index contributed by atoms with van der Waals surface area (Å²) in [4.78, 5) is 0. The Labute approximate surface area is 164 Å². The van der Waals surface area contributed by atoms with Crippen LogP contribution >= 0.6 is 12.6 Å². The van der Waals surface area contributed by atoms with Crippen molar-refractivity contribution >= 4 is 12.6 Å². The number of aliphatic hydroxyl groups excluding tert-OH is 1. The second-order valence-corrected chi connectivity index (χ2v) is 11.2. The molecule has 148 valence electrons. The van der Waals surface area contributed by atoms with Gasteiger partial charge in [0.15, 0.2) is 5.79 Å². The number of aliphatic hydroxyl groups is 2. The topological polar surface area (TPSA) is 49.7 Å². The summed E-state index contributed by atoms with van der Waals surface area (Å²) in [5, 5.41) is 20.7. The largest absolute Gasteiger partial charge is 0.393 e. The van der Waals surface area contributed by atoms with E-state index >= 15 is 0 Å². The maximum absolute atomic E-state index is 10.4. The zero-order valence-corrected chi connectivity index (χ0v) is 17.5. The van der Waals surface area contributed by atoms with E-state index in [0.29, 0.717) is 23.7 Å². The minimum atomic E-state index is -1.12. The molecule has 4 saturated carbocycles. The Hall–Kier alpha value is -0.0300. The predicted octanol–water partition coefficient (Wildman–Crippen LogP) is 4.33. The molecule has 0 amide bonds. The third-order valence-corrected chi connectivity index (χ3v) is 9.38. The molecule has 0 aromatic carbocycles. The van der Waals surface area contributed by atoms with E-state index in [-0.39, 0.29) is 22.4 Å². The van der Waals surface area contributed by atoms with Crippen molar-refractivity contribution in [3.05, 3.63) is 12.2 Å². The molecule has 2 N–H and O–H groups in total. The number of hydrogen-bond donors (Lipinski definition) is 3. The Morgan fingerprint density at radius 3 is 2.58 bits per heavy atom. The zero-order chi connectivity index (χ0) is 18.9. The van der Waals surface area contributed by atoms with Crippen molar-refractivity contribution in [1.29, 1.82) is 0 Å². The molecular formula is C22H36O3S. The molecule has 0 saturated heterocycles. The van der Waals surface area contributed by atoms with Gasteiger partial charge < -0.3 is 14.9 Å². The summed E-state index contributed by atoms with van der Waals surface area (Å²) >= 11 is 5.32. The molecule has 4 aliphatic carbocycles. The standard InChI is InChI=1S/C22H36O3S/c1-13-5-6-16-19-17(8-9-21(13,16)4)22(26)10-7-15(23)11-14(22)12-18(19)25-20(2,3)24/h14-19,23-24,26H,1,5-12H2,2-4H3/t14?,15-,16?,17?,18-,19?,21+,22+/m0/s1. The van der Waals surface area contributed by atoms with Crippen LogP contribution in [0.3, 0.4) is 0 Å². The van der Waals surface area contributed by atoms with Crippen LogP contribution in [-0.4, -0.2) is 33.0 Å². The molecule has 0 aromatic rings. The highest BCUT2D eigenvalue weighted by Crippen LogP contribution is 2.66. The van der Waals surface area contributed by atoms with Crippen LogP contribution in [0.4, 0.5) is 0 Å². The number of hydrogen-bond acceptors (Lipinski definition) is 4.